The van der Waals surface area contributed by atoms with Gasteiger partial charge in [-0.2, -0.15) is 0 Å². The van der Waals surface area contributed by atoms with Gasteiger partial charge in [0.1, 0.15) is 0 Å². The molecule has 1 saturated heterocycles. The standard InChI is InChI=1S/C31H31N3OS/c1-3-33-27-16-10-8-14-24(27)25-19-22(17-18-28(25)33)20-29-30(35)34(26-15-9-7-11-21(26)2)31(36-29)32-23-12-5-4-6-13-23/h4-6,8,10,12-14,16-21,26H,3,7,9,11,15H2,1-2H3/b29-20-,32-31?/t21-,26+/m0/s1. The summed E-state index contributed by atoms with van der Waals surface area (Å²) in [5.41, 5.74) is 4.42. The van der Waals surface area contributed by atoms with Crippen LogP contribution < -0.4 is 0 Å². The van der Waals surface area contributed by atoms with Crippen LogP contribution in [0.2, 0.25) is 0 Å². The maximum Gasteiger partial charge on any atom is 0.267 e. The van der Waals surface area contributed by atoms with Crippen LogP contribution >= 0.6 is 11.8 Å². The number of thioether (sulfide) groups is 1. The number of carbonyl (C=O) groups is 1. The van der Waals surface area contributed by atoms with E-state index in [4.69, 9.17) is 4.99 Å². The molecule has 2 heterocycles. The van der Waals surface area contributed by atoms with E-state index in [1.165, 1.54) is 46.4 Å². The minimum atomic E-state index is 0.0875. The third-order valence-corrected chi connectivity index (χ3v) is 8.61. The van der Waals surface area contributed by atoms with Crippen molar-refractivity contribution in [1.82, 2.24) is 9.47 Å². The molecule has 1 aromatic heterocycles. The second kappa shape index (κ2) is 9.62. The summed E-state index contributed by atoms with van der Waals surface area (Å²) in [6, 6.07) is 25.3. The fourth-order valence-electron chi connectivity index (χ4n) is 5.80. The number of hydrogen-bond acceptors (Lipinski definition) is 3. The van der Waals surface area contributed by atoms with Gasteiger partial charge in [0.2, 0.25) is 0 Å². The Morgan fingerprint density at radius 3 is 2.50 bits per heavy atom. The number of para-hydroxylation sites is 2. The number of hydrogen-bond donors (Lipinski definition) is 0. The fraction of sp³-hybridized carbons (Fsp3) is 0.290. The van der Waals surface area contributed by atoms with Crippen molar-refractivity contribution in [3.63, 3.8) is 0 Å². The number of aliphatic imine (C=N–C) groups is 1. The lowest BCUT2D eigenvalue weighted by atomic mass is 9.85. The molecular weight excluding hydrogens is 462 g/mol. The Kier molecular flexibility index (Phi) is 6.18. The van der Waals surface area contributed by atoms with E-state index >= 15 is 0 Å². The normalized spacial score (nSPS) is 22.9. The highest BCUT2D eigenvalue weighted by Gasteiger charge is 2.41. The topological polar surface area (TPSA) is 37.6 Å². The van der Waals surface area contributed by atoms with Gasteiger partial charge in [0.15, 0.2) is 5.17 Å². The number of fused-ring (bicyclic) bond motifs is 3. The summed E-state index contributed by atoms with van der Waals surface area (Å²) in [6.45, 7) is 5.39. The molecule has 182 valence electrons. The van der Waals surface area contributed by atoms with E-state index < -0.39 is 0 Å². The lowest BCUT2D eigenvalue weighted by Gasteiger charge is -2.35. The predicted octanol–water partition coefficient (Wildman–Crippen LogP) is 8.00. The average Bonchev–Trinajstić information content (AvgIpc) is 3.38. The molecule has 0 spiro atoms. The zero-order valence-electron chi connectivity index (χ0n) is 20.9. The van der Waals surface area contributed by atoms with Crippen molar-refractivity contribution < 1.29 is 4.79 Å². The van der Waals surface area contributed by atoms with Gasteiger partial charge >= 0.3 is 0 Å². The van der Waals surface area contributed by atoms with Crippen LogP contribution in [0.15, 0.2) is 82.7 Å². The first-order valence-electron chi connectivity index (χ1n) is 13.0. The van der Waals surface area contributed by atoms with Crippen molar-refractivity contribution in [2.75, 3.05) is 0 Å². The molecule has 6 rings (SSSR count). The molecule has 3 aromatic carbocycles. The third kappa shape index (κ3) is 4.05. The second-order valence-corrected chi connectivity index (χ2v) is 10.9. The number of aromatic nitrogens is 1. The molecule has 2 atom stereocenters. The monoisotopic (exact) mass is 493 g/mol. The maximum absolute atomic E-state index is 13.8. The first-order valence-corrected chi connectivity index (χ1v) is 13.8. The lowest BCUT2D eigenvalue weighted by molar-refractivity contribution is -0.124. The Morgan fingerprint density at radius 2 is 1.69 bits per heavy atom. The molecule has 36 heavy (non-hydrogen) atoms. The van der Waals surface area contributed by atoms with E-state index in [1.54, 1.807) is 0 Å². The van der Waals surface area contributed by atoms with Gasteiger partial charge in [-0.05, 0) is 79.4 Å². The summed E-state index contributed by atoms with van der Waals surface area (Å²) < 4.78 is 2.36. The molecule has 2 aliphatic rings. The second-order valence-electron chi connectivity index (χ2n) is 9.88. The van der Waals surface area contributed by atoms with Crippen molar-refractivity contribution in [1.29, 1.82) is 0 Å². The van der Waals surface area contributed by atoms with E-state index in [2.05, 4.69) is 67.0 Å². The lowest BCUT2D eigenvalue weighted by Crippen LogP contribution is -2.44. The Balaban J connectivity index is 1.42. The van der Waals surface area contributed by atoms with Gasteiger partial charge in [0, 0.05) is 34.4 Å². The van der Waals surface area contributed by atoms with Crippen LogP contribution in [0.4, 0.5) is 5.69 Å². The Morgan fingerprint density at radius 1 is 0.944 bits per heavy atom. The number of nitrogens with zero attached hydrogens (tertiary/aromatic N) is 3. The number of rotatable bonds is 4. The van der Waals surface area contributed by atoms with E-state index in [1.807, 2.05) is 35.2 Å². The van der Waals surface area contributed by atoms with E-state index in [-0.39, 0.29) is 11.9 Å². The molecular formula is C31H31N3OS. The highest BCUT2D eigenvalue weighted by Crippen LogP contribution is 2.40. The van der Waals surface area contributed by atoms with Crippen LogP contribution in [-0.2, 0) is 11.3 Å². The van der Waals surface area contributed by atoms with Gasteiger partial charge in [-0.15, -0.1) is 0 Å². The van der Waals surface area contributed by atoms with Gasteiger partial charge in [-0.1, -0.05) is 62.2 Å². The minimum Gasteiger partial charge on any atom is -0.341 e. The van der Waals surface area contributed by atoms with E-state index in [0.29, 0.717) is 5.92 Å². The minimum absolute atomic E-state index is 0.0875. The molecule has 0 N–H and O–H groups in total. The summed E-state index contributed by atoms with van der Waals surface area (Å²) in [4.78, 5) is 21.5. The van der Waals surface area contributed by atoms with Gasteiger partial charge in [-0.3, -0.25) is 9.69 Å². The summed E-state index contributed by atoms with van der Waals surface area (Å²) in [5, 5.41) is 3.29. The molecule has 1 aliphatic carbocycles. The fourth-order valence-corrected chi connectivity index (χ4v) is 6.85. The molecule has 1 amide bonds. The van der Waals surface area contributed by atoms with Crippen molar-refractivity contribution in [2.45, 2.75) is 52.1 Å². The van der Waals surface area contributed by atoms with E-state index in [9.17, 15) is 4.79 Å². The summed E-state index contributed by atoms with van der Waals surface area (Å²) in [5.74, 6) is 0.560. The van der Waals surface area contributed by atoms with Crippen molar-refractivity contribution >= 4 is 56.4 Å². The van der Waals surface area contributed by atoms with Crippen LogP contribution in [0.25, 0.3) is 27.9 Å². The molecule has 0 unspecified atom stereocenters. The molecule has 0 radical (unpaired) electrons. The largest absolute Gasteiger partial charge is 0.341 e. The van der Waals surface area contributed by atoms with E-state index in [0.717, 1.165) is 40.7 Å². The zero-order valence-corrected chi connectivity index (χ0v) is 21.7. The average molecular weight is 494 g/mol. The number of benzene rings is 3. The number of aryl methyl sites for hydroxylation is 1. The first kappa shape index (κ1) is 23.1. The van der Waals surface area contributed by atoms with Crippen LogP contribution in [-0.4, -0.2) is 26.6 Å². The van der Waals surface area contributed by atoms with Crippen molar-refractivity contribution in [3.05, 3.63) is 83.3 Å². The number of amidine groups is 1. The highest BCUT2D eigenvalue weighted by molar-refractivity contribution is 8.18. The van der Waals surface area contributed by atoms with Gasteiger partial charge < -0.3 is 4.57 Å². The maximum atomic E-state index is 13.8. The molecule has 0 bridgehead atoms. The molecule has 1 saturated carbocycles. The summed E-state index contributed by atoms with van der Waals surface area (Å²) in [7, 11) is 0. The number of amides is 1. The third-order valence-electron chi connectivity index (χ3n) is 7.63. The quantitative estimate of drug-likeness (QED) is 0.270. The van der Waals surface area contributed by atoms with Crippen LogP contribution in [0.1, 0.15) is 45.1 Å². The highest BCUT2D eigenvalue weighted by atomic mass is 32.2. The molecule has 5 heteroatoms. The molecule has 2 fully saturated rings. The van der Waals surface area contributed by atoms with Crippen molar-refractivity contribution in [2.24, 2.45) is 10.9 Å². The van der Waals surface area contributed by atoms with Gasteiger partial charge in [0.05, 0.1) is 10.6 Å². The summed E-state index contributed by atoms with van der Waals surface area (Å²) >= 11 is 1.51. The van der Waals surface area contributed by atoms with Gasteiger partial charge in [0.25, 0.3) is 5.91 Å². The zero-order chi connectivity index (χ0) is 24.6. The molecule has 4 aromatic rings. The smallest absolute Gasteiger partial charge is 0.267 e. The number of carbonyl (C=O) groups excluding carboxylic acids is 1. The Bertz CT molecular complexity index is 1500. The Labute approximate surface area is 216 Å². The SMILES string of the molecule is CCn1c2ccccc2c2cc(/C=C3\SC(=Nc4ccccc4)N([C@@H]4CCCC[C@@H]4C)C3=O)ccc21. The molecule has 1 aliphatic heterocycles. The van der Waals surface area contributed by atoms with Crippen LogP contribution in [0.5, 0.6) is 0 Å². The molecule has 4 nitrogen and oxygen atoms in total. The van der Waals surface area contributed by atoms with Gasteiger partial charge in [-0.25, -0.2) is 4.99 Å². The predicted molar refractivity (Wildman–Crippen MR) is 152 cm³/mol. The van der Waals surface area contributed by atoms with Crippen LogP contribution in [0.3, 0.4) is 0 Å². The van der Waals surface area contributed by atoms with Crippen molar-refractivity contribution in [3.8, 4) is 0 Å². The summed E-state index contributed by atoms with van der Waals surface area (Å²) in [6.07, 6.45) is 6.66. The van der Waals surface area contributed by atoms with Crippen LogP contribution in [0, 0.1) is 5.92 Å². The first-order chi connectivity index (χ1) is 17.6. The Hall–Kier alpha value is -3.31.